The van der Waals surface area contributed by atoms with Gasteiger partial charge in [0.25, 0.3) is 0 Å². The zero-order valence-corrected chi connectivity index (χ0v) is 13.2. The van der Waals surface area contributed by atoms with Crippen LogP contribution in [0.3, 0.4) is 0 Å². The Bertz CT molecular complexity index is 500. The van der Waals surface area contributed by atoms with Gasteiger partial charge in [-0.3, -0.25) is 4.79 Å². The number of nitrogens with zero attached hydrogens (tertiary/aromatic N) is 1. The lowest BCUT2D eigenvalue weighted by atomic mass is 10.2. The smallest absolute Gasteiger partial charge is 0.247 e. The van der Waals surface area contributed by atoms with Crippen molar-refractivity contribution >= 4 is 24.0 Å². The molecular formula is C14H21ClN2O5. The molecule has 1 aliphatic rings. The van der Waals surface area contributed by atoms with Gasteiger partial charge >= 0.3 is 0 Å². The summed E-state index contributed by atoms with van der Waals surface area (Å²) in [5.74, 6) is 1.01. The molecule has 1 aliphatic heterocycles. The minimum atomic E-state index is -0.668. The fourth-order valence-electron chi connectivity index (χ4n) is 1.97. The van der Waals surface area contributed by atoms with Gasteiger partial charge in [0.05, 0.1) is 25.5 Å². The number of hydrogen-bond donors (Lipinski definition) is 2. The average molecular weight is 333 g/mol. The Morgan fingerprint density at radius 3 is 2.91 bits per heavy atom. The van der Waals surface area contributed by atoms with Crippen LogP contribution in [0.25, 0.3) is 0 Å². The van der Waals surface area contributed by atoms with E-state index in [-0.39, 0.29) is 38.1 Å². The van der Waals surface area contributed by atoms with Crippen molar-refractivity contribution in [2.24, 2.45) is 5.73 Å². The monoisotopic (exact) mass is 332 g/mol. The van der Waals surface area contributed by atoms with Crippen molar-refractivity contribution in [3.63, 3.8) is 0 Å². The molecule has 0 spiro atoms. The van der Waals surface area contributed by atoms with Crippen molar-refractivity contribution in [2.75, 3.05) is 45.0 Å². The molecule has 7 nitrogen and oxygen atoms in total. The second kappa shape index (κ2) is 8.79. The topological polar surface area (TPSA) is 94.3 Å². The Kier molecular flexibility index (Phi) is 7.40. The molecule has 0 fully saturated rings. The SMILES string of the molecule is CN1C(=O)[C@@H](N)COc2ccc(OCCOCCO)cc21.Cl. The van der Waals surface area contributed by atoms with E-state index < -0.39 is 6.04 Å². The third-order valence-electron chi connectivity index (χ3n) is 3.09. The molecule has 8 heteroatoms. The highest BCUT2D eigenvalue weighted by atomic mass is 35.5. The summed E-state index contributed by atoms with van der Waals surface area (Å²) in [5, 5.41) is 8.59. The Hall–Kier alpha value is -1.54. The maximum atomic E-state index is 12.0. The van der Waals surface area contributed by atoms with E-state index >= 15 is 0 Å². The Labute approximate surface area is 135 Å². The van der Waals surface area contributed by atoms with E-state index in [0.717, 1.165) is 0 Å². The summed E-state index contributed by atoms with van der Waals surface area (Å²) in [7, 11) is 1.66. The van der Waals surface area contributed by atoms with Gasteiger partial charge in [-0.2, -0.15) is 0 Å². The Balaban J connectivity index is 0.00000242. The van der Waals surface area contributed by atoms with Crippen molar-refractivity contribution in [1.29, 1.82) is 0 Å². The molecule has 1 aromatic carbocycles. The number of amides is 1. The van der Waals surface area contributed by atoms with Gasteiger partial charge in [0.15, 0.2) is 0 Å². The summed E-state index contributed by atoms with van der Waals surface area (Å²) in [5.41, 5.74) is 6.36. The number of anilines is 1. The number of nitrogens with two attached hydrogens (primary N) is 1. The zero-order valence-electron chi connectivity index (χ0n) is 12.4. The highest BCUT2D eigenvalue weighted by molar-refractivity contribution is 5.98. The minimum Gasteiger partial charge on any atom is -0.491 e. The van der Waals surface area contributed by atoms with Crippen LogP contribution in [0.1, 0.15) is 0 Å². The van der Waals surface area contributed by atoms with Crippen molar-refractivity contribution in [2.45, 2.75) is 6.04 Å². The molecule has 1 aromatic rings. The Morgan fingerprint density at radius 2 is 2.18 bits per heavy atom. The molecule has 0 bridgehead atoms. The van der Waals surface area contributed by atoms with E-state index in [4.69, 9.17) is 25.1 Å². The van der Waals surface area contributed by atoms with E-state index in [0.29, 0.717) is 30.4 Å². The largest absolute Gasteiger partial charge is 0.491 e. The number of likely N-dealkylation sites (N-methyl/N-ethyl adjacent to an activating group) is 1. The number of benzene rings is 1. The zero-order chi connectivity index (χ0) is 15.2. The molecule has 0 saturated heterocycles. The first-order valence-corrected chi connectivity index (χ1v) is 6.75. The Morgan fingerprint density at radius 1 is 1.41 bits per heavy atom. The van der Waals surface area contributed by atoms with E-state index in [1.165, 1.54) is 4.90 Å². The fraction of sp³-hybridized carbons (Fsp3) is 0.500. The molecule has 1 amide bonds. The molecule has 3 N–H and O–H groups in total. The summed E-state index contributed by atoms with van der Waals surface area (Å²) in [6, 6.07) is 4.58. The summed E-state index contributed by atoms with van der Waals surface area (Å²) in [6.07, 6.45) is 0. The second-order valence-electron chi connectivity index (χ2n) is 4.63. The van der Waals surface area contributed by atoms with Crippen molar-refractivity contribution in [3.05, 3.63) is 18.2 Å². The van der Waals surface area contributed by atoms with Crippen molar-refractivity contribution in [1.82, 2.24) is 0 Å². The van der Waals surface area contributed by atoms with Crippen LogP contribution in [0.15, 0.2) is 18.2 Å². The lowest BCUT2D eigenvalue weighted by Gasteiger charge is -2.18. The quantitative estimate of drug-likeness (QED) is 0.722. The number of carbonyl (C=O) groups is 1. The molecule has 0 aliphatic carbocycles. The number of fused-ring (bicyclic) bond motifs is 1. The van der Waals surface area contributed by atoms with E-state index in [1.807, 2.05) is 0 Å². The van der Waals surface area contributed by atoms with Crippen LogP contribution in [-0.2, 0) is 9.53 Å². The number of rotatable bonds is 6. The van der Waals surface area contributed by atoms with Crippen LogP contribution in [0.5, 0.6) is 11.5 Å². The van der Waals surface area contributed by atoms with Gasteiger partial charge < -0.3 is 30.0 Å². The predicted octanol–water partition coefficient (Wildman–Crippen LogP) is 0.179. The molecule has 0 radical (unpaired) electrons. The standard InChI is InChI=1S/C14H20N2O5.ClH/c1-16-12-8-10(20-7-6-19-5-4-17)2-3-13(12)21-9-11(15)14(16)18;/h2-3,8,11,17H,4-7,9,15H2,1H3;1H/t11-;/m0./s1. The van der Waals surface area contributed by atoms with Crippen LogP contribution in [0.2, 0.25) is 0 Å². The van der Waals surface area contributed by atoms with Crippen LogP contribution in [0, 0.1) is 0 Å². The van der Waals surface area contributed by atoms with Gasteiger partial charge in [-0.25, -0.2) is 0 Å². The third-order valence-corrected chi connectivity index (χ3v) is 3.09. The van der Waals surface area contributed by atoms with Gasteiger partial charge in [-0.1, -0.05) is 0 Å². The lowest BCUT2D eigenvalue weighted by molar-refractivity contribution is -0.119. The molecule has 1 heterocycles. The van der Waals surface area contributed by atoms with E-state index in [2.05, 4.69) is 0 Å². The number of carbonyl (C=O) groups excluding carboxylic acids is 1. The van der Waals surface area contributed by atoms with Crippen LogP contribution in [-0.4, -0.2) is 57.1 Å². The first kappa shape index (κ1) is 18.5. The highest BCUT2D eigenvalue weighted by Crippen LogP contribution is 2.33. The third kappa shape index (κ3) is 4.48. The molecule has 1 atom stereocenters. The number of aliphatic hydroxyl groups excluding tert-OH is 1. The molecule has 0 unspecified atom stereocenters. The molecule has 2 rings (SSSR count). The number of halogens is 1. The maximum Gasteiger partial charge on any atom is 0.247 e. The van der Waals surface area contributed by atoms with Gasteiger partial charge in [-0.15, -0.1) is 12.4 Å². The van der Waals surface area contributed by atoms with E-state index in [9.17, 15) is 4.79 Å². The highest BCUT2D eigenvalue weighted by Gasteiger charge is 2.26. The number of hydrogen-bond acceptors (Lipinski definition) is 6. The van der Waals surface area contributed by atoms with Crippen LogP contribution in [0.4, 0.5) is 5.69 Å². The summed E-state index contributed by atoms with van der Waals surface area (Å²) in [6.45, 7) is 1.18. The molecule has 0 aromatic heterocycles. The normalized spacial score (nSPS) is 17.1. The van der Waals surface area contributed by atoms with Crippen LogP contribution >= 0.6 is 12.4 Å². The van der Waals surface area contributed by atoms with Crippen molar-refractivity contribution in [3.8, 4) is 11.5 Å². The predicted molar refractivity (Wildman–Crippen MR) is 84.0 cm³/mol. The summed E-state index contributed by atoms with van der Waals surface area (Å²) < 4.78 is 16.2. The van der Waals surface area contributed by atoms with E-state index in [1.54, 1.807) is 25.2 Å². The van der Waals surface area contributed by atoms with Crippen molar-refractivity contribution < 1.29 is 24.1 Å². The second-order valence-corrected chi connectivity index (χ2v) is 4.63. The number of ether oxygens (including phenoxy) is 3. The minimum absolute atomic E-state index is 0. The molecule has 22 heavy (non-hydrogen) atoms. The lowest BCUT2D eigenvalue weighted by Crippen LogP contribution is -2.43. The maximum absolute atomic E-state index is 12.0. The molecular weight excluding hydrogens is 312 g/mol. The molecule has 124 valence electrons. The van der Waals surface area contributed by atoms with Gasteiger partial charge in [-0.05, 0) is 12.1 Å². The summed E-state index contributed by atoms with van der Waals surface area (Å²) >= 11 is 0. The van der Waals surface area contributed by atoms with Crippen LogP contribution < -0.4 is 20.1 Å². The fourth-order valence-corrected chi connectivity index (χ4v) is 1.97. The number of aliphatic hydroxyl groups is 1. The van der Waals surface area contributed by atoms with Gasteiger partial charge in [0.2, 0.25) is 5.91 Å². The molecule has 0 saturated carbocycles. The summed E-state index contributed by atoms with van der Waals surface area (Å²) in [4.78, 5) is 13.5. The first-order valence-electron chi connectivity index (χ1n) is 6.75. The average Bonchev–Trinajstić information content (AvgIpc) is 2.60. The first-order chi connectivity index (χ1) is 10.1. The van der Waals surface area contributed by atoms with Gasteiger partial charge in [0.1, 0.15) is 30.8 Å². The van der Waals surface area contributed by atoms with Gasteiger partial charge in [0, 0.05) is 13.1 Å².